The van der Waals surface area contributed by atoms with Crippen LogP contribution >= 0.6 is 12.2 Å². The number of hydrogen-bond acceptors (Lipinski definition) is 6. The second kappa shape index (κ2) is 5.55. The number of benzene rings is 2. The monoisotopic (exact) mass is 354 g/mol. The number of aromatic nitrogens is 4. The zero-order valence-corrected chi connectivity index (χ0v) is 13.9. The van der Waals surface area contributed by atoms with E-state index in [1.807, 2.05) is 42.5 Å². The van der Waals surface area contributed by atoms with Crippen LogP contribution in [0.3, 0.4) is 0 Å². The SMILES string of the molecule is O=C1C[C@@H](n2nnn(-c3cccc4ccccc34)c2=S)[C@@H]2CO[C@@H]1O2. The Morgan fingerprint density at radius 1 is 1.12 bits per heavy atom. The van der Waals surface area contributed by atoms with Gasteiger partial charge in [0.25, 0.3) is 0 Å². The van der Waals surface area contributed by atoms with E-state index in [4.69, 9.17) is 21.7 Å². The number of nitrogens with zero attached hydrogens (tertiary/aromatic N) is 4. The maximum absolute atomic E-state index is 12.0. The van der Waals surface area contributed by atoms with Gasteiger partial charge in [-0.15, -0.1) is 0 Å². The van der Waals surface area contributed by atoms with E-state index in [9.17, 15) is 4.79 Å². The minimum atomic E-state index is -0.733. The molecule has 5 rings (SSSR count). The fraction of sp³-hybridized carbons (Fsp3) is 0.294. The Bertz CT molecular complexity index is 1040. The van der Waals surface area contributed by atoms with Crippen LogP contribution in [-0.4, -0.2) is 44.6 Å². The van der Waals surface area contributed by atoms with Crippen molar-refractivity contribution in [2.45, 2.75) is 24.9 Å². The average molecular weight is 354 g/mol. The molecule has 8 heteroatoms. The summed E-state index contributed by atoms with van der Waals surface area (Å²) in [5.74, 6) is -0.0830. The summed E-state index contributed by atoms with van der Waals surface area (Å²) in [6.45, 7) is 0.365. The van der Waals surface area contributed by atoms with E-state index in [-0.39, 0.29) is 24.3 Å². The topological polar surface area (TPSA) is 71.2 Å². The van der Waals surface area contributed by atoms with Gasteiger partial charge in [0, 0.05) is 11.8 Å². The molecule has 3 aromatic rings. The Balaban J connectivity index is 1.61. The van der Waals surface area contributed by atoms with Crippen LogP contribution in [0.5, 0.6) is 0 Å². The van der Waals surface area contributed by atoms with Crippen molar-refractivity contribution in [3.05, 3.63) is 47.2 Å². The number of rotatable bonds is 2. The third-order valence-electron chi connectivity index (χ3n) is 4.72. The number of tetrazole rings is 1. The Kier molecular flexibility index (Phi) is 3.30. The summed E-state index contributed by atoms with van der Waals surface area (Å²) in [6.07, 6.45) is -0.673. The van der Waals surface area contributed by atoms with Crippen LogP contribution in [0.25, 0.3) is 16.5 Å². The normalized spacial score (nSPS) is 25.6. The van der Waals surface area contributed by atoms with Crippen molar-refractivity contribution in [2.75, 3.05) is 6.61 Å². The van der Waals surface area contributed by atoms with E-state index in [1.54, 1.807) is 9.36 Å². The van der Waals surface area contributed by atoms with E-state index in [1.165, 1.54) is 0 Å². The molecule has 0 amide bonds. The van der Waals surface area contributed by atoms with Gasteiger partial charge in [-0.3, -0.25) is 4.79 Å². The molecule has 126 valence electrons. The van der Waals surface area contributed by atoms with Crippen molar-refractivity contribution < 1.29 is 14.3 Å². The smallest absolute Gasteiger partial charge is 0.221 e. The Labute approximate surface area is 147 Å². The predicted octanol–water partition coefficient (Wildman–Crippen LogP) is 2.21. The van der Waals surface area contributed by atoms with Crippen molar-refractivity contribution in [2.24, 2.45) is 0 Å². The number of ether oxygens (including phenoxy) is 2. The highest BCUT2D eigenvalue weighted by molar-refractivity contribution is 7.71. The van der Waals surface area contributed by atoms with Crippen LogP contribution in [0, 0.1) is 4.77 Å². The largest absolute Gasteiger partial charge is 0.343 e. The summed E-state index contributed by atoms with van der Waals surface area (Å²) in [5.41, 5.74) is 0.859. The first-order valence-corrected chi connectivity index (χ1v) is 8.45. The molecule has 0 saturated carbocycles. The summed E-state index contributed by atoms with van der Waals surface area (Å²) in [5, 5.41) is 10.6. The number of hydrogen-bond donors (Lipinski definition) is 0. The number of ketones is 1. The molecule has 7 nitrogen and oxygen atoms in total. The Morgan fingerprint density at radius 3 is 2.88 bits per heavy atom. The second-order valence-corrected chi connectivity index (χ2v) is 6.56. The van der Waals surface area contributed by atoms with E-state index in [2.05, 4.69) is 10.4 Å². The van der Waals surface area contributed by atoms with Crippen LogP contribution in [0.2, 0.25) is 0 Å². The molecule has 25 heavy (non-hydrogen) atoms. The van der Waals surface area contributed by atoms with Crippen LogP contribution in [-0.2, 0) is 14.3 Å². The lowest BCUT2D eigenvalue weighted by Crippen LogP contribution is -2.37. The van der Waals surface area contributed by atoms with E-state index in [0.717, 1.165) is 16.5 Å². The van der Waals surface area contributed by atoms with Gasteiger partial charge < -0.3 is 9.47 Å². The summed E-state index contributed by atoms with van der Waals surface area (Å²) in [4.78, 5) is 12.0. The highest BCUT2D eigenvalue weighted by Gasteiger charge is 2.45. The van der Waals surface area contributed by atoms with Gasteiger partial charge >= 0.3 is 0 Å². The molecule has 1 aromatic heterocycles. The molecule has 2 aliphatic heterocycles. The number of Topliss-reactive ketones (excluding diaryl/α,β-unsaturated/α-hetero) is 1. The molecule has 2 saturated heterocycles. The molecule has 2 aliphatic rings. The molecule has 3 atom stereocenters. The summed E-state index contributed by atoms with van der Waals surface area (Å²) in [6, 6.07) is 13.7. The van der Waals surface area contributed by atoms with Gasteiger partial charge in [-0.1, -0.05) is 36.4 Å². The molecular formula is C17H14N4O3S. The fourth-order valence-corrected chi connectivity index (χ4v) is 3.78. The van der Waals surface area contributed by atoms with Crippen molar-refractivity contribution in [1.29, 1.82) is 0 Å². The highest BCUT2D eigenvalue weighted by Crippen LogP contribution is 2.33. The van der Waals surface area contributed by atoms with Gasteiger partial charge in [-0.2, -0.15) is 4.68 Å². The van der Waals surface area contributed by atoms with Crippen molar-refractivity contribution in [3.8, 4) is 5.69 Å². The van der Waals surface area contributed by atoms with Crippen LogP contribution in [0.1, 0.15) is 12.5 Å². The number of fused-ring (bicyclic) bond motifs is 3. The third-order valence-corrected chi connectivity index (χ3v) is 5.08. The first-order valence-electron chi connectivity index (χ1n) is 8.05. The minimum absolute atomic E-state index is 0.0830. The summed E-state index contributed by atoms with van der Waals surface area (Å²) in [7, 11) is 0. The van der Waals surface area contributed by atoms with Crippen molar-refractivity contribution in [1.82, 2.24) is 19.8 Å². The first-order chi connectivity index (χ1) is 12.2. The summed E-state index contributed by atoms with van der Waals surface area (Å²) < 4.78 is 14.6. The van der Waals surface area contributed by atoms with Crippen LogP contribution in [0.4, 0.5) is 0 Å². The van der Waals surface area contributed by atoms with E-state index in [0.29, 0.717) is 11.4 Å². The van der Waals surface area contributed by atoms with E-state index < -0.39 is 6.29 Å². The van der Waals surface area contributed by atoms with Gasteiger partial charge in [0.2, 0.25) is 11.1 Å². The molecule has 0 unspecified atom stereocenters. The zero-order valence-electron chi connectivity index (χ0n) is 13.1. The van der Waals surface area contributed by atoms with Crippen LogP contribution < -0.4 is 0 Å². The first kappa shape index (κ1) is 14.9. The average Bonchev–Trinajstić information content (AvgIpc) is 3.23. The number of carbonyl (C=O) groups is 1. The van der Waals surface area contributed by atoms with Gasteiger partial charge in [-0.25, -0.2) is 4.68 Å². The summed E-state index contributed by atoms with van der Waals surface area (Å²) >= 11 is 5.60. The molecule has 0 radical (unpaired) electrons. The standard InChI is InChI=1S/C17H14N4O3S/c22-14-8-13(15-9-23-16(14)24-15)21-17(25)20(18-19-21)12-7-3-5-10-4-1-2-6-11(10)12/h1-7,13,15-16H,8-9H2/t13-,15+,16-/m1/s1. The molecular weight excluding hydrogens is 340 g/mol. The van der Waals surface area contributed by atoms with E-state index >= 15 is 0 Å². The molecule has 2 bridgehead atoms. The Hall–Kier alpha value is -2.42. The lowest BCUT2D eigenvalue weighted by atomic mass is 10.0. The maximum Gasteiger partial charge on any atom is 0.221 e. The molecule has 3 heterocycles. The van der Waals surface area contributed by atoms with Crippen molar-refractivity contribution in [3.63, 3.8) is 0 Å². The minimum Gasteiger partial charge on any atom is -0.343 e. The van der Waals surface area contributed by atoms with Crippen molar-refractivity contribution >= 4 is 28.8 Å². The molecule has 0 N–H and O–H groups in total. The second-order valence-electron chi connectivity index (χ2n) is 6.19. The molecule has 2 aromatic carbocycles. The Morgan fingerprint density at radius 2 is 1.96 bits per heavy atom. The molecule has 0 spiro atoms. The van der Waals surface area contributed by atoms with Gasteiger partial charge in [-0.05, 0) is 34.1 Å². The molecule has 2 fully saturated rings. The zero-order chi connectivity index (χ0) is 17.0. The van der Waals surface area contributed by atoms with Gasteiger partial charge in [0.1, 0.15) is 6.10 Å². The van der Waals surface area contributed by atoms with Gasteiger partial charge in [0.05, 0.1) is 18.3 Å². The lowest BCUT2D eigenvalue weighted by Gasteiger charge is -2.25. The predicted molar refractivity (Wildman–Crippen MR) is 91.0 cm³/mol. The highest BCUT2D eigenvalue weighted by atomic mass is 32.1. The quantitative estimate of drug-likeness (QED) is 0.657. The van der Waals surface area contributed by atoms with Crippen LogP contribution in [0.15, 0.2) is 42.5 Å². The third kappa shape index (κ3) is 2.25. The fourth-order valence-electron chi connectivity index (χ4n) is 3.48. The number of carbonyl (C=O) groups excluding carboxylic acids is 1. The lowest BCUT2D eigenvalue weighted by molar-refractivity contribution is -0.156. The molecule has 0 aliphatic carbocycles. The maximum atomic E-state index is 12.0. The van der Waals surface area contributed by atoms with Gasteiger partial charge in [0.15, 0.2) is 5.78 Å².